The molecule has 37 heavy (non-hydrogen) atoms. The van der Waals surface area contributed by atoms with E-state index >= 15 is 0 Å². The van der Waals surface area contributed by atoms with Crippen molar-refractivity contribution in [2.45, 2.75) is 25.8 Å². The van der Waals surface area contributed by atoms with Crippen LogP contribution in [0.15, 0.2) is 79.4 Å². The Morgan fingerprint density at radius 3 is 2.59 bits per heavy atom. The first-order chi connectivity index (χ1) is 18.1. The standard InChI is InChI=1S/C30H33N3O4/c1-4-8-22-11-16-27(28(21-22)36-3)37-20-7-19-33-26-10-6-5-9-25(26)32-29(33)17-18-31-30(34)23-12-14-24(35-2)15-13-23/h4-6,9-16,21H,1,7-8,17-20H2,2-3H3,(H,31,34). The smallest absolute Gasteiger partial charge is 0.251 e. The van der Waals surface area contributed by atoms with Gasteiger partial charge in [0.05, 0.1) is 31.9 Å². The van der Waals surface area contributed by atoms with Crippen molar-refractivity contribution >= 4 is 16.9 Å². The molecular formula is C30H33N3O4. The molecule has 4 rings (SSSR count). The zero-order chi connectivity index (χ0) is 26.0. The summed E-state index contributed by atoms with van der Waals surface area (Å²) in [7, 11) is 3.25. The number of allylic oxidation sites excluding steroid dienone is 1. The molecular weight excluding hydrogens is 466 g/mol. The Bertz CT molecular complexity index is 1340. The third-order valence-corrected chi connectivity index (χ3v) is 6.11. The third kappa shape index (κ3) is 6.50. The number of aromatic nitrogens is 2. The summed E-state index contributed by atoms with van der Waals surface area (Å²) in [6.07, 6.45) is 4.07. The second-order valence-corrected chi connectivity index (χ2v) is 8.58. The van der Waals surface area contributed by atoms with E-state index in [0.29, 0.717) is 25.1 Å². The van der Waals surface area contributed by atoms with Crippen LogP contribution in [-0.4, -0.2) is 42.8 Å². The normalized spacial score (nSPS) is 10.8. The van der Waals surface area contributed by atoms with Crippen LogP contribution >= 0.6 is 0 Å². The molecule has 0 aliphatic rings. The minimum absolute atomic E-state index is 0.119. The van der Waals surface area contributed by atoms with Crippen molar-refractivity contribution in [3.8, 4) is 17.2 Å². The molecule has 192 valence electrons. The molecule has 0 aliphatic carbocycles. The number of nitrogens with one attached hydrogen (secondary N) is 1. The summed E-state index contributed by atoms with van der Waals surface area (Å²) in [5.74, 6) is 2.99. The van der Waals surface area contributed by atoms with Crippen LogP contribution in [0.1, 0.15) is 28.2 Å². The first-order valence-corrected chi connectivity index (χ1v) is 12.4. The number of rotatable bonds is 13. The van der Waals surface area contributed by atoms with E-state index < -0.39 is 0 Å². The molecule has 1 aromatic heterocycles. The number of ether oxygens (including phenoxy) is 3. The summed E-state index contributed by atoms with van der Waals surface area (Å²) in [6, 6.07) is 21.1. The molecule has 0 unspecified atom stereocenters. The molecule has 7 nitrogen and oxygen atoms in total. The van der Waals surface area contributed by atoms with E-state index in [0.717, 1.165) is 59.1 Å². The van der Waals surface area contributed by atoms with E-state index in [4.69, 9.17) is 19.2 Å². The largest absolute Gasteiger partial charge is 0.497 e. The minimum Gasteiger partial charge on any atom is -0.497 e. The molecule has 0 saturated heterocycles. The van der Waals surface area contributed by atoms with Crippen LogP contribution in [0.2, 0.25) is 0 Å². The Kier molecular flexibility index (Phi) is 8.81. The number of carbonyl (C=O) groups is 1. The van der Waals surface area contributed by atoms with Gasteiger partial charge in [-0.25, -0.2) is 4.98 Å². The number of nitrogens with zero attached hydrogens (tertiary/aromatic N) is 2. The maximum absolute atomic E-state index is 12.5. The summed E-state index contributed by atoms with van der Waals surface area (Å²) < 4.78 is 18.9. The van der Waals surface area contributed by atoms with Gasteiger partial charge >= 0.3 is 0 Å². The van der Waals surface area contributed by atoms with Crippen LogP contribution < -0.4 is 19.5 Å². The Labute approximate surface area is 217 Å². The average molecular weight is 500 g/mol. The Balaban J connectivity index is 1.36. The van der Waals surface area contributed by atoms with E-state index in [1.54, 1.807) is 38.5 Å². The van der Waals surface area contributed by atoms with Gasteiger partial charge in [-0.1, -0.05) is 24.3 Å². The number of benzene rings is 3. The van der Waals surface area contributed by atoms with Crippen LogP contribution in [0.3, 0.4) is 0 Å². The van der Waals surface area contributed by atoms with Crippen molar-refractivity contribution in [3.63, 3.8) is 0 Å². The van der Waals surface area contributed by atoms with Crippen molar-refractivity contribution in [2.75, 3.05) is 27.4 Å². The predicted octanol–water partition coefficient (Wildman–Crippen LogP) is 5.22. The molecule has 1 heterocycles. The molecule has 3 aromatic carbocycles. The summed E-state index contributed by atoms with van der Waals surface area (Å²) in [5, 5.41) is 2.99. The lowest BCUT2D eigenvalue weighted by Crippen LogP contribution is -2.26. The number of amides is 1. The number of imidazole rings is 1. The summed E-state index contributed by atoms with van der Waals surface area (Å²) in [6.45, 7) is 5.56. The maximum Gasteiger partial charge on any atom is 0.251 e. The number of hydrogen-bond acceptors (Lipinski definition) is 5. The predicted molar refractivity (Wildman–Crippen MR) is 146 cm³/mol. The molecule has 7 heteroatoms. The molecule has 1 amide bonds. The van der Waals surface area contributed by atoms with E-state index in [-0.39, 0.29) is 5.91 Å². The van der Waals surface area contributed by atoms with Crippen molar-refractivity contribution in [1.29, 1.82) is 0 Å². The fourth-order valence-corrected chi connectivity index (χ4v) is 4.23. The first-order valence-electron chi connectivity index (χ1n) is 12.4. The molecule has 0 saturated carbocycles. The van der Waals surface area contributed by atoms with Gasteiger partial charge < -0.3 is 24.1 Å². The van der Waals surface area contributed by atoms with Gasteiger partial charge in [0.15, 0.2) is 11.5 Å². The van der Waals surface area contributed by atoms with Crippen molar-refractivity contribution in [2.24, 2.45) is 0 Å². The zero-order valence-corrected chi connectivity index (χ0v) is 21.4. The van der Waals surface area contributed by atoms with E-state index in [1.165, 1.54) is 0 Å². The Hall–Kier alpha value is -4.26. The molecule has 1 N–H and O–H groups in total. The zero-order valence-electron chi connectivity index (χ0n) is 21.4. The molecule has 0 aliphatic heterocycles. The molecule has 0 radical (unpaired) electrons. The van der Waals surface area contributed by atoms with Crippen molar-refractivity contribution in [1.82, 2.24) is 14.9 Å². The lowest BCUT2D eigenvalue weighted by atomic mass is 10.1. The summed E-state index contributed by atoms with van der Waals surface area (Å²) in [5.41, 5.74) is 3.75. The minimum atomic E-state index is -0.119. The van der Waals surface area contributed by atoms with Crippen LogP contribution in [0.4, 0.5) is 0 Å². The fraction of sp³-hybridized carbons (Fsp3) is 0.267. The van der Waals surface area contributed by atoms with E-state index in [9.17, 15) is 4.79 Å². The molecule has 0 spiro atoms. The highest BCUT2D eigenvalue weighted by Gasteiger charge is 2.12. The number of carbonyl (C=O) groups excluding carboxylic acids is 1. The highest BCUT2D eigenvalue weighted by atomic mass is 16.5. The van der Waals surface area contributed by atoms with E-state index in [2.05, 4.69) is 22.5 Å². The Morgan fingerprint density at radius 1 is 1.03 bits per heavy atom. The highest BCUT2D eigenvalue weighted by Crippen LogP contribution is 2.28. The first kappa shape index (κ1) is 25.8. The van der Waals surface area contributed by atoms with Gasteiger partial charge in [-0.15, -0.1) is 6.58 Å². The fourth-order valence-electron chi connectivity index (χ4n) is 4.23. The van der Waals surface area contributed by atoms with Gasteiger partial charge in [0, 0.05) is 25.1 Å². The second kappa shape index (κ2) is 12.6. The van der Waals surface area contributed by atoms with Crippen LogP contribution in [-0.2, 0) is 19.4 Å². The number of aryl methyl sites for hydroxylation is 1. The van der Waals surface area contributed by atoms with E-state index in [1.807, 2.05) is 42.5 Å². The van der Waals surface area contributed by atoms with Gasteiger partial charge in [0.1, 0.15) is 11.6 Å². The van der Waals surface area contributed by atoms with Gasteiger partial charge in [-0.2, -0.15) is 0 Å². The van der Waals surface area contributed by atoms with Crippen molar-refractivity contribution in [3.05, 3.63) is 96.3 Å². The molecule has 0 bridgehead atoms. The second-order valence-electron chi connectivity index (χ2n) is 8.58. The van der Waals surface area contributed by atoms with Gasteiger partial charge in [0.25, 0.3) is 5.91 Å². The van der Waals surface area contributed by atoms with Crippen molar-refractivity contribution < 1.29 is 19.0 Å². The molecule has 0 fully saturated rings. The maximum atomic E-state index is 12.5. The van der Waals surface area contributed by atoms with Gasteiger partial charge in [-0.05, 0) is 66.9 Å². The lowest BCUT2D eigenvalue weighted by molar-refractivity contribution is 0.0954. The third-order valence-electron chi connectivity index (χ3n) is 6.11. The van der Waals surface area contributed by atoms with Crippen LogP contribution in [0, 0.1) is 0 Å². The Morgan fingerprint density at radius 2 is 1.84 bits per heavy atom. The lowest BCUT2D eigenvalue weighted by Gasteiger charge is -2.13. The SMILES string of the molecule is C=CCc1ccc(OCCCn2c(CCNC(=O)c3ccc(OC)cc3)nc3ccccc32)c(OC)c1. The molecule has 0 atom stereocenters. The van der Waals surface area contributed by atoms with Crippen LogP contribution in [0.5, 0.6) is 17.2 Å². The summed E-state index contributed by atoms with van der Waals surface area (Å²) in [4.78, 5) is 17.4. The highest BCUT2D eigenvalue weighted by molar-refractivity contribution is 5.94. The summed E-state index contributed by atoms with van der Waals surface area (Å²) >= 11 is 0. The topological polar surface area (TPSA) is 74.6 Å². The quantitative estimate of drug-likeness (QED) is 0.202. The van der Waals surface area contributed by atoms with Gasteiger partial charge in [0.2, 0.25) is 0 Å². The number of methoxy groups -OCH3 is 2. The average Bonchev–Trinajstić information content (AvgIpc) is 3.28. The monoisotopic (exact) mass is 499 g/mol. The number of para-hydroxylation sites is 2. The molecule has 4 aromatic rings. The number of fused-ring (bicyclic) bond motifs is 1. The van der Waals surface area contributed by atoms with Crippen LogP contribution in [0.25, 0.3) is 11.0 Å². The van der Waals surface area contributed by atoms with Gasteiger partial charge in [-0.3, -0.25) is 4.79 Å². The number of hydrogen-bond donors (Lipinski definition) is 1.